The number of nitrogens with zero attached hydrogens (tertiary/aromatic N) is 1. The Morgan fingerprint density at radius 3 is 3.00 bits per heavy atom. The van der Waals surface area contributed by atoms with Crippen LogP contribution in [-0.4, -0.2) is 15.3 Å². The molecule has 0 aliphatic carbocycles. The van der Waals surface area contributed by atoms with Gasteiger partial charge in [0, 0.05) is 11.8 Å². The van der Waals surface area contributed by atoms with Crippen molar-refractivity contribution in [2.75, 3.05) is 0 Å². The third kappa shape index (κ3) is 2.86. The summed E-state index contributed by atoms with van der Waals surface area (Å²) in [7, 11) is 0. The Balaban J connectivity index is 2.58. The van der Waals surface area contributed by atoms with E-state index in [-0.39, 0.29) is 0 Å². The minimum atomic E-state index is 0.408. The number of hydrogen-bond donors (Lipinski definition) is 2. The first kappa shape index (κ1) is 8.49. The molecule has 0 aliphatic heterocycles. The van der Waals surface area contributed by atoms with E-state index < -0.39 is 0 Å². The lowest BCUT2D eigenvalue weighted by Gasteiger charge is -1.87. The van der Waals surface area contributed by atoms with Gasteiger partial charge in [-0.05, 0) is 13.8 Å². The van der Waals surface area contributed by atoms with Crippen LogP contribution in [0, 0.1) is 6.92 Å². The lowest BCUT2D eigenvalue weighted by molar-refractivity contribution is 0.393. The molecule has 1 N–H and O–H groups in total. The highest BCUT2D eigenvalue weighted by Gasteiger charge is 1.96. The van der Waals surface area contributed by atoms with E-state index in [4.69, 9.17) is 9.63 Å². The fraction of sp³-hybridized carbons (Fsp3) is 0.429. The second-order valence-corrected chi connectivity index (χ2v) is 3.57. The van der Waals surface area contributed by atoms with Crippen LogP contribution in [-0.2, 0) is 5.75 Å². The second-order valence-electron chi connectivity index (χ2n) is 2.29. The zero-order valence-electron chi connectivity index (χ0n) is 6.53. The Bertz CT molecular complexity index is 263. The van der Waals surface area contributed by atoms with Crippen molar-refractivity contribution in [3.8, 4) is 0 Å². The van der Waals surface area contributed by atoms with E-state index in [2.05, 4.69) is 5.16 Å². The molecule has 3 nitrogen and oxygen atoms in total. The molecule has 0 fully saturated rings. The molecule has 0 spiro atoms. The molecule has 62 valence electrons. The first-order valence-corrected chi connectivity index (χ1v) is 4.38. The Morgan fingerprint density at radius 1 is 1.82 bits per heavy atom. The lowest BCUT2D eigenvalue weighted by atomic mass is 10.4. The van der Waals surface area contributed by atoms with Gasteiger partial charge in [-0.15, -0.1) is 0 Å². The van der Waals surface area contributed by atoms with Crippen molar-refractivity contribution in [2.24, 2.45) is 0 Å². The highest BCUT2D eigenvalue weighted by molar-refractivity contribution is 7.97. The Kier molecular flexibility index (Phi) is 2.84. The van der Waals surface area contributed by atoms with Gasteiger partial charge in [-0.25, -0.2) is 0 Å². The van der Waals surface area contributed by atoms with E-state index >= 15 is 0 Å². The third-order valence-corrected chi connectivity index (χ3v) is 2.09. The van der Waals surface area contributed by atoms with Crippen molar-refractivity contribution in [2.45, 2.75) is 19.6 Å². The van der Waals surface area contributed by atoms with Crippen molar-refractivity contribution in [3.63, 3.8) is 0 Å². The fourth-order valence-electron chi connectivity index (χ4n) is 0.688. The molecule has 0 unspecified atom stereocenters. The molecule has 0 aromatic carbocycles. The summed E-state index contributed by atoms with van der Waals surface area (Å²) < 4.78 is 4.85. The third-order valence-electron chi connectivity index (χ3n) is 1.15. The SMILES string of the molecule is CC(O)=[SH]Cc1cc(C)on1. The van der Waals surface area contributed by atoms with Gasteiger partial charge in [0.1, 0.15) is 5.76 Å². The van der Waals surface area contributed by atoms with Crippen LogP contribution in [0.4, 0.5) is 0 Å². The van der Waals surface area contributed by atoms with E-state index in [0.29, 0.717) is 5.05 Å². The highest BCUT2D eigenvalue weighted by atomic mass is 32.1. The van der Waals surface area contributed by atoms with Crippen molar-refractivity contribution < 1.29 is 9.63 Å². The summed E-state index contributed by atoms with van der Waals surface area (Å²) in [4.78, 5) is 0. The molecule has 1 aromatic rings. The van der Waals surface area contributed by atoms with Crippen LogP contribution in [0.2, 0.25) is 0 Å². The molecule has 1 heterocycles. The van der Waals surface area contributed by atoms with Crippen LogP contribution >= 0.6 is 11.4 Å². The molecule has 11 heavy (non-hydrogen) atoms. The largest absolute Gasteiger partial charge is 0.361 e. The number of rotatable bonds is 2. The van der Waals surface area contributed by atoms with Gasteiger partial charge in [-0.3, -0.25) is 0 Å². The minimum Gasteiger partial charge on any atom is -0.361 e. The van der Waals surface area contributed by atoms with Gasteiger partial charge in [0.05, 0.1) is 10.7 Å². The number of aromatic nitrogens is 1. The topological polar surface area (TPSA) is 46.3 Å². The zero-order chi connectivity index (χ0) is 8.27. The van der Waals surface area contributed by atoms with Crippen molar-refractivity contribution in [3.05, 3.63) is 17.5 Å². The molecule has 0 aliphatic rings. The molecule has 0 atom stereocenters. The predicted molar refractivity (Wildman–Crippen MR) is 47.2 cm³/mol. The van der Waals surface area contributed by atoms with Crippen LogP contribution in [0.1, 0.15) is 18.4 Å². The molecule has 0 saturated heterocycles. The molecular formula is C7H11NO2S. The van der Waals surface area contributed by atoms with Gasteiger partial charge in [-0.1, -0.05) is 5.16 Å². The summed E-state index contributed by atoms with van der Waals surface area (Å²) >= 11 is 0.888. The average molecular weight is 173 g/mol. The van der Waals surface area contributed by atoms with E-state index in [1.807, 2.05) is 13.0 Å². The standard InChI is InChI=1S/C7H11NO2S/c1-5-3-7(8-10-5)4-11-6(2)9/h3,9,11H,4H2,1-2H3. The fourth-order valence-corrected chi connectivity index (χ4v) is 1.23. The highest BCUT2D eigenvalue weighted by Crippen LogP contribution is 2.06. The van der Waals surface area contributed by atoms with Crippen LogP contribution in [0.15, 0.2) is 10.6 Å². The Hall–Kier alpha value is -0.610. The minimum absolute atomic E-state index is 0.408. The van der Waals surface area contributed by atoms with Gasteiger partial charge in [0.2, 0.25) is 0 Å². The smallest absolute Gasteiger partial charge is 0.133 e. The van der Waals surface area contributed by atoms with Gasteiger partial charge in [0.15, 0.2) is 0 Å². The number of thiol groups is 1. The normalized spacial score (nSPS) is 12.8. The summed E-state index contributed by atoms with van der Waals surface area (Å²) in [6, 6.07) is 1.87. The summed E-state index contributed by atoms with van der Waals surface area (Å²) in [5.41, 5.74) is 0.887. The molecule has 1 aromatic heterocycles. The molecule has 4 heteroatoms. The van der Waals surface area contributed by atoms with E-state index in [1.54, 1.807) is 6.92 Å². The summed E-state index contributed by atoms with van der Waals surface area (Å²) in [5.74, 6) is 1.53. The summed E-state index contributed by atoms with van der Waals surface area (Å²) in [6.45, 7) is 3.53. The zero-order valence-corrected chi connectivity index (χ0v) is 7.43. The van der Waals surface area contributed by atoms with Gasteiger partial charge in [0.25, 0.3) is 0 Å². The number of aliphatic hydroxyl groups is 1. The number of hydrogen-bond acceptors (Lipinski definition) is 2. The number of aliphatic hydroxyl groups excluding tert-OH is 1. The van der Waals surface area contributed by atoms with Crippen LogP contribution in [0.3, 0.4) is 0 Å². The molecule has 1 rings (SSSR count). The van der Waals surface area contributed by atoms with Crippen molar-refractivity contribution in [1.29, 1.82) is 0 Å². The maximum Gasteiger partial charge on any atom is 0.133 e. The van der Waals surface area contributed by atoms with E-state index in [9.17, 15) is 0 Å². The lowest BCUT2D eigenvalue weighted by Crippen LogP contribution is -1.83. The quantitative estimate of drug-likeness (QED) is 0.528. The van der Waals surface area contributed by atoms with Crippen molar-refractivity contribution >= 4 is 16.4 Å². The maximum atomic E-state index is 8.87. The molecule has 0 amide bonds. The van der Waals surface area contributed by atoms with E-state index in [1.165, 1.54) is 0 Å². The Labute approximate surface area is 69.0 Å². The van der Waals surface area contributed by atoms with E-state index in [0.717, 1.165) is 28.6 Å². The van der Waals surface area contributed by atoms with Gasteiger partial charge in [-0.2, -0.15) is 11.4 Å². The summed E-state index contributed by atoms with van der Waals surface area (Å²) in [6.07, 6.45) is 0. The van der Waals surface area contributed by atoms with Crippen LogP contribution < -0.4 is 0 Å². The number of aryl methyl sites for hydroxylation is 1. The monoisotopic (exact) mass is 173 g/mol. The first-order chi connectivity index (χ1) is 5.18. The van der Waals surface area contributed by atoms with Gasteiger partial charge < -0.3 is 9.63 Å². The molecule has 0 saturated carbocycles. The average Bonchev–Trinajstić information content (AvgIpc) is 2.31. The second kappa shape index (κ2) is 3.69. The van der Waals surface area contributed by atoms with Gasteiger partial charge >= 0.3 is 0 Å². The molecule has 0 bridgehead atoms. The maximum absolute atomic E-state index is 8.87. The Morgan fingerprint density at radius 2 is 2.55 bits per heavy atom. The van der Waals surface area contributed by atoms with Crippen molar-refractivity contribution in [1.82, 2.24) is 5.16 Å². The molecule has 0 radical (unpaired) electrons. The van der Waals surface area contributed by atoms with Crippen LogP contribution in [0.25, 0.3) is 0 Å². The predicted octanol–water partition coefficient (Wildman–Crippen LogP) is 1.66. The first-order valence-electron chi connectivity index (χ1n) is 3.30. The molecular weight excluding hydrogens is 162 g/mol. The van der Waals surface area contributed by atoms with Crippen LogP contribution in [0.5, 0.6) is 0 Å². The summed E-state index contributed by atoms with van der Waals surface area (Å²) in [5, 5.41) is 13.1.